The van der Waals surface area contributed by atoms with Crippen molar-refractivity contribution in [3.63, 3.8) is 0 Å². The Morgan fingerprint density at radius 2 is 1.92 bits per heavy atom. The van der Waals surface area contributed by atoms with Crippen LogP contribution in [0.5, 0.6) is 0 Å². The highest BCUT2D eigenvalue weighted by molar-refractivity contribution is 7.15. The Labute approximate surface area is 148 Å². The largest absolute Gasteiger partial charge is 0.296 e. The van der Waals surface area contributed by atoms with E-state index in [2.05, 4.69) is 48.5 Å². The number of imidazole rings is 1. The van der Waals surface area contributed by atoms with Crippen LogP contribution < -0.4 is 0 Å². The van der Waals surface area contributed by atoms with Gasteiger partial charge in [-0.15, -0.1) is 22.7 Å². The fourth-order valence-electron chi connectivity index (χ4n) is 2.82. The van der Waals surface area contributed by atoms with Crippen LogP contribution in [0.15, 0.2) is 47.2 Å². The van der Waals surface area contributed by atoms with Gasteiger partial charge in [-0.25, -0.2) is 4.98 Å². The van der Waals surface area contributed by atoms with Gasteiger partial charge in [-0.1, -0.05) is 44.2 Å². The summed E-state index contributed by atoms with van der Waals surface area (Å²) < 4.78 is 1.97. The molecule has 0 unspecified atom stereocenters. The van der Waals surface area contributed by atoms with E-state index in [-0.39, 0.29) is 0 Å². The molecule has 0 radical (unpaired) electrons. The number of carbonyl (C=O) groups excluding carboxylic acids is 1. The minimum atomic E-state index is 0.505. The lowest BCUT2D eigenvalue weighted by molar-refractivity contribution is 0.111. The van der Waals surface area contributed by atoms with Gasteiger partial charge in [-0.2, -0.15) is 0 Å². The molecule has 3 aromatic heterocycles. The summed E-state index contributed by atoms with van der Waals surface area (Å²) in [6.07, 6.45) is 0.910. The maximum absolute atomic E-state index is 11.8. The van der Waals surface area contributed by atoms with Crippen molar-refractivity contribution in [2.75, 3.05) is 0 Å². The predicted octanol–water partition coefficient (Wildman–Crippen LogP) is 5.73. The summed E-state index contributed by atoms with van der Waals surface area (Å²) in [5, 5.41) is 4.07. The van der Waals surface area contributed by atoms with Gasteiger partial charge < -0.3 is 0 Å². The van der Waals surface area contributed by atoms with Crippen LogP contribution in [0.25, 0.3) is 26.8 Å². The number of nitrogens with zero attached hydrogens (tertiary/aromatic N) is 2. The summed E-state index contributed by atoms with van der Waals surface area (Å²) in [7, 11) is 0. The SMILES string of the molecule is CC(C)c1ccc(-c2csc3nc(-c4cccs4)c(C=O)n23)cc1. The lowest BCUT2D eigenvalue weighted by Crippen LogP contribution is -1.94. The van der Waals surface area contributed by atoms with Crippen LogP contribution >= 0.6 is 22.7 Å². The molecule has 5 heteroatoms. The molecule has 0 atom stereocenters. The van der Waals surface area contributed by atoms with E-state index in [1.54, 1.807) is 22.7 Å². The van der Waals surface area contributed by atoms with Gasteiger partial charge >= 0.3 is 0 Å². The fraction of sp³-hybridized carbons (Fsp3) is 0.158. The molecule has 4 aromatic rings. The Morgan fingerprint density at radius 1 is 1.12 bits per heavy atom. The summed E-state index contributed by atoms with van der Waals surface area (Å²) in [6.45, 7) is 4.37. The molecule has 1 aromatic carbocycles. The molecule has 0 saturated carbocycles. The van der Waals surface area contributed by atoms with E-state index in [9.17, 15) is 4.79 Å². The summed E-state index contributed by atoms with van der Waals surface area (Å²) in [5.41, 5.74) is 4.82. The molecular formula is C19H16N2OS2. The molecule has 3 heterocycles. The van der Waals surface area contributed by atoms with Gasteiger partial charge in [0, 0.05) is 5.38 Å². The third-order valence-corrected chi connectivity index (χ3v) is 5.84. The van der Waals surface area contributed by atoms with Crippen molar-refractivity contribution >= 4 is 33.9 Å². The average Bonchev–Trinajstić information content (AvgIpc) is 3.30. The lowest BCUT2D eigenvalue weighted by Gasteiger charge is -2.07. The van der Waals surface area contributed by atoms with E-state index in [1.165, 1.54) is 5.56 Å². The number of hydrogen-bond donors (Lipinski definition) is 0. The van der Waals surface area contributed by atoms with E-state index in [1.807, 2.05) is 21.9 Å². The molecule has 120 valence electrons. The number of hydrogen-bond acceptors (Lipinski definition) is 4. The van der Waals surface area contributed by atoms with Crippen LogP contribution in [0.2, 0.25) is 0 Å². The quantitative estimate of drug-likeness (QED) is 0.440. The molecule has 0 aliphatic carbocycles. The Bertz CT molecular complexity index is 992. The maximum Gasteiger partial charge on any atom is 0.195 e. The van der Waals surface area contributed by atoms with Crippen molar-refractivity contribution in [3.8, 4) is 21.8 Å². The second kappa shape index (κ2) is 6.00. The van der Waals surface area contributed by atoms with Crippen LogP contribution in [-0.2, 0) is 0 Å². The van der Waals surface area contributed by atoms with E-state index < -0.39 is 0 Å². The molecule has 0 bridgehead atoms. The third-order valence-electron chi connectivity index (χ3n) is 4.14. The van der Waals surface area contributed by atoms with Crippen molar-refractivity contribution in [1.82, 2.24) is 9.38 Å². The van der Waals surface area contributed by atoms with Crippen molar-refractivity contribution < 1.29 is 4.79 Å². The molecule has 0 aliphatic rings. The number of carbonyl (C=O) groups is 1. The zero-order valence-electron chi connectivity index (χ0n) is 13.4. The number of fused-ring (bicyclic) bond motifs is 1. The molecule has 0 saturated heterocycles. The number of rotatable bonds is 4. The van der Waals surface area contributed by atoms with Crippen LogP contribution in [0.3, 0.4) is 0 Å². The van der Waals surface area contributed by atoms with E-state index in [4.69, 9.17) is 0 Å². The van der Waals surface area contributed by atoms with Gasteiger partial charge in [-0.05, 0) is 28.5 Å². The lowest BCUT2D eigenvalue weighted by atomic mass is 10.0. The van der Waals surface area contributed by atoms with E-state index in [0.717, 1.165) is 33.1 Å². The molecule has 0 N–H and O–H groups in total. The van der Waals surface area contributed by atoms with Gasteiger partial charge in [0.25, 0.3) is 0 Å². The molecule has 0 aliphatic heterocycles. The zero-order valence-corrected chi connectivity index (χ0v) is 15.0. The smallest absolute Gasteiger partial charge is 0.195 e. The highest BCUT2D eigenvalue weighted by Gasteiger charge is 2.19. The Hall–Kier alpha value is -2.24. The van der Waals surface area contributed by atoms with Crippen LogP contribution in [0, 0.1) is 0 Å². The number of aldehydes is 1. The third kappa shape index (κ3) is 2.41. The monoisotopic (exact) mass is 352 g/mol. The predicted molar refractivity (Wildman–Crippen MR) is 101 cm³/mol. The van der Waals surface area contributed by atoms with E-state index in [0.29, 0.717) is 11.6 Å². The zero-order chi connectivity index (χ0) is 16.7. The standard InChI is InChI=1S/C19H16N2OS2/c1-12(2)13-5-7-14(8-6-13)16-11-24-19-20-18(15(10-22)21(16)19)17-4-3-9-23-17/h3-12H,1-2H3. The van der Waals surface area contributed by atoms with Gasteiger partial charge in [0.2, 0.25) is 0 Å². The first-order chi connectivity index (χ1) is 11.7. The molecular weight excluding hydrogens is 336 g/mol. The second-order valence-corrected chi connectivity index (χ2v) is 7.74. The summed E-state index contributed by atoms with van der Waals surface area (Å²) in [4.78, 5) is 18.3. The topological polar surface area (TPSA) is 34.4 Å². The summed E-state index contributed by atoms with van der Waals surface area (Å²) in [6, 6.07) is 12.5. The minimum absolute atomic E-state index is 0.505. The Morgan fingerprint density at radius 3 is 2.54 bits per heavy atom. The molecule has 4 rings (SSSR count). The molecule has 0 amide bonds. The first-order valence-electron chi connectivity index (χ1n) is 7.78. The highest BCUT2D eigenvalue weighted by atomic mass is 32.1. The highest BCUT2D eigenvalue weighted by Crippen LogP contribution is 2.34. The first kappa shape index (κ1) is 15.3. The number of aromatic nitrogens is 2. The average molecular weight is 352 g/mol. The molecule has 24 heavy (non-hydrogen) atoms. The Kier molecular flexibility index (Phi) is 3.82. The minimum Gasteiger partial charge on any atom is -0.296 e. The van der Waals surface area contributed by atoms with Gasteiger partial charge in [0.1, 0.15) is 11.4 Å². The van der Waals surface area contributed by atoms with Crippen LogP contribution in [0.1, 0.15) is 35.8 Å². The van der Waals surface area contributed by atoms with Gasteiger partial charge in [-0.3, -0.25) is 9.20 Å². The van der Waals surface area contributed by atoms with Crippen molar-refractivity contribution in [2.24, 2.45) is 0 Å². The fourth-order valence-corrected chi connectivity index (χ4v) is 4.45. The van der Waals surface area contributed by atoms with Gasteiger partial charge in [0.15, 0.2) is 11.2 Å². The maximum atomic E-state index is 11.8. The van der Waals surface area contributed by atoms with E-state index >= 15 is 0 Å². The summed E-state index contributed by atoms with van der Waals surface area (Å²) >= 11 is 3.17. The number of thiophene rings is 1. The van der Waals surface area contributed by atoms with Gasteiger partial charge in [0.05, 0.1) is 10.6 Å². The Balaban J connectivity index is 1.89. The normalized spacial score (nSPS) is 11.5. The second-order valence-electron chi connectivity index (χ2n) is 5.96. The van der Waals surface area contributed by atoms with Crippen molar-refractivity contribution in [1.29, 1.82) is 0 Å². The van der Waals surface area contributed by atoms with Crippen molar-refractivity contribution in [2.45, 2.75) is 19.8 Å². The molecule has 0 spiro atoms. The molecule has 3 nitrogen and oxygen atoms in total. The number of benzene rings is 1. The van der Waals surface area contributed by atoms with Crippen LogP contribution in [-0.4, -0.2) is 15.7 Å². The summed E-state index contributed by atoms with van der Waals surface area (Å²) in [5.74, 6) is 0.505. The van der Waals surface area contributed by atoms with Crippen LogP contribution in [0.4, 0.5) is 0 Å². The number of thiazole rings is 1. The first-order valence-corrected chi connectivity index (χ1v) is 9.54. The molecule has 0 fully saturated rings. The van der Waals surface area contributed by atoms with Crippen molar-refractivity contribution in [3.05, 3.63) is 58.4 Å².